The summed E-state index contributed by atoms with van der Waals surface area (Å²) in [5.41, 5.74) is 3.94. The van der Waals surface area contributed by atoms with Gasteiger partial charge in [0.25, 0.3) is 5.56 Å². The molecule has 0 aliphatic rings. The maximum Gasteiger partial charge on any atom is 0.338 e. The van der Waals surface area contributed by atoms with Gasteiger partial charge >= 0.3 is 5.97 Å². The molecule has 28 heavy (non-hydrogen) atoms. The lowest BCUT2D eigenvalue weighted by molar-refractivity contribution is 0.0461. The summed E-state index contributed by atoms with van der Waals surface area (Å²) in [6.07, 6.45) is 0. The van der Waals surface area contributed by atoms with Crippen molar-refractivity contribution in [3.8, 4) is 11.1 Å². The lowest BCUT2D eigenvalue weighted by Gasteiger charge is -2.08. The topological polar surface area (TPSA) is 72.0 Å². The monoisotopic (exact) mass is 390 g/mol. The number of nitrogens with zero attached hydrogens (tertiary/aromatic N) is 1. The predicted molar refractivity (Wildman–Crippen MR) is 111 cm³/mol. The van der Waals surface area contributed by atoms with Crippen molar-refractivity contribution in [2.24, 2.45) is 0 Å². The Morgan fingerprint density at radius 2 is 1.93 bits per heavy atom. The molecule has 4 aromatic rings. The van der Waals surface area contributed by atoms with Gasteiger partial charge in [0.05, 0.1) is 10.9 Å². The lowest BCUT2D eigenvalue weighted by atomic mass is 10.1. The number of ether oxygens (including phenoxy) is 1. The number of nitrogens with one attached hydrogen (secondary N) is 1. The molecule has 0 spiro atoms. The van der Waals surface area contributed by atoms with Crippen LogP contribution >= 0.6 is 11.3 Å². The molecule has 0 saturated heterocycles. The highest BCUT2D eigenvalue weighted by Crippen LogP contribution is 2.30. The highest BCUT2D eigenvalue weighted by molar-refractivity contribution is 7.17. The minimum atomic E-state index is -0.430. The molecule has 5 nitrogen and oxygen atoms in total. The molecule has 0 aliphatic carbocycles. The number of rotatable bonds is 4. The van der Waals surface area contributed by atoms with Crippen LogP contribution in [0.3, 0.4) is 0 Å². The molecule has 2 heterocycles. The Morgan fingerprint density at radius 3 is 2.71 bits per heavy atom. The number of benzene rings is 2. The van der Waals surface area contributed by atoms with Gasteiger partial charge in [0.15, 0.2) is 0 Å². The highest BCUT2D eigenvalue weighted by atomic mass is 32.1. The Kier molecular flexibility index (Phi) is 4.79. The van der Waals surface area contributed by atoms with Crippen LogP contribution in [0.2, 0.25) is 0 Å². The van der Waals surface area contributed by atoms with Gasteiger partial charge in [0.2, 0.25) is 0 Å². The van der Waals surface area contributed by atoms with Crippen LogP contribution in [0.5, 0.6) is 0 Å². The van der Waals surface area contributed by atoms with E-state index in [9.17, 15) is 9.59 Å². The first-order chi connectivity index (χ1) is 13.5. The lowest BCUT2D eigenvalue weighted by Crippen LogP contribution is -2.14. The Morgan fingerprint density at radius 1 is 1.14 bits per heavy atom. The van der Waals surface area contributed by atoms with Gasteiger partial charge in [-0.05, 0) is 31.0 Å². The van der Waals surface area contributed by atoms with Crippen molar-refractivity contribution in [3.05, 3.63) is 86.8 Å². The van der Waals surface area contributed by atoms with Gasteiger partial charge in [0, 0.05) is 10.9 Å². The zero-order chi connectivity index (χ0) is 19.7. The van der Waals surface area contributed by atoms with Crippen LogP contribution in [-0.2, 0) is 11.3 Å². The second-order valence-corrected chi connectivity index (χ2v) is 7.46. The zero-order valence-corrected chi connectivity index (χ0v) is 16.3. The third-order valence-electron chi connectivity index (χ3n) is 4.53. The first-order valence-electron chi connectivity index (χ1n) is 8.83. The first kappa shape index (κ1) is 18.1. The van der Waals surface area contributed by atoms with E-state index in [-0.39, 0.29) is 12.2 Å². The number of hydrogen-bond acceptors (Lipinski definition) is 5. The smallest absolute Gasteiger partial charge is 0.338 e. The van der Waals surface area contributed by atoms with Crippen LogP contribution in [0.4, 0.5) is 0 Å². The summed E-state index contributed by atoms with van der Waals surface area (Å²) in [6.45, 7) is 3.69. The van der Waals surface area contributed by atoms with E-state index in [1.165, 1.54) is 11.3 Å². The molecule has 0 bridgehead atoms. The molecule has 0 unspecified atom stereocenters. The summed E-state index contributed by atoms with van der Waals surface area (Å²) in [7, 11) is 0. The zero-order valence-electron chi connectivity index (χ0n) is 15.5. The van der Waals surface area contributed by atoms with E-state index in [1.807, 2.05) is 61.7 Å². The average Bonchev–Trinajstić information content (AvgIpc) is 3.13. The van der Waals surface area contributed by atoms with Crippen molar-refractivity contribution in [1.29, 1.82) is 0 Å². The van der Waals surface area contributed by atoms with E-state index >= 15 is 0 Å². The van der Waals surface area contributed by atoms with Crippen molar-refractivity contribution in [2.75, 3.05) is 0 Å². The second-order valence-electron chi connectivity index (χ2n) is 6.60. The fourth-order valence-electron chi connectivity index (χ4n) is 3.06. The third-order valence-corrected chi connectivity index (χ3v) is 5.40. The molecule has 6 heteroatoms. The van der Waals surface area contributed by atoms with Crippen molar-refractivity contribution in [2.45, 2.75) is 20.5 Å². The van der Waals surface area contributed by atoms with E-state index in [1.54, 1.807) is 6.07 Å². The van der Waals surface area contributed by atoms with Gasteiger partial charge < -0.3 is 9.72 Å². The summed E-state index contributed by atoms with van der Waals surface area (Å²) >= 11 is 1.40. The third kappa shape index (κ3) is 3.46. The first-order valence-corrected chi connectivity index (χ1v) is 9.71. The standard InChI is InChI=1S/C22H18N2O3S/c1-13-8-9-14(2)16(10-13)22(26)27-11-18-23-20(25)19-17(12-28-21(19)24-18)15-6-4-3-5-7-15/h3-10,12H,11H2,1-2H3,(H,23,24,25). The number of H-pyrrole nitrogens is 1. The summed E-state index contributed by atoms with van der Waals surface area (Å²) in [6, 6.07) is 15.3. The van der Waals surface area contributed by atoms with Crippen molar-refractivity contribution in [3.63, 3.8) is 0 Å². The number of fused-ring (bicyclic) bond motifs is 1. The fourth-order valence-corrected chi connectivity index (χ4v) is 4.03. The van der Waals surface area contributed by atoms with E-state index in [4.69, 9.17) is 4.74 Å². The Hall–Kier alpha value is -3.25. The van der Waals surface area contributed by atoms with Gasteiger partial charge in [-0.3, -0.25) is 4.79 Å². The number of carbonyl (C=O) groups is 1. The molecule has 0 aliphatic heterocycles. The summed E-state index contributed by atoms with van der Waals surface area (Å²) in [5, 5.41) is 2.48. The Labute approximate surface area is 165 Å². The van der Waals surface area contributed by atoms with E-state index in [2.05, 4.69) is 9.97 Å². The normalized spacial score (nSPS) is 10.9. The van der Waals surface area contributed by atoms with Gasteiger partial charge in [-0.2, -0.15) is 0 Å². The van der Waals surface area contributed by atoms with Gasteiger partial charge in [-0.15, -0.1) is 11.3 Å². The number of aromatic nitrogens is 2. The summed E-state index contributed by atoms with van der Waals surface area (Å²) in [4.78, 5) is 32.9. The van der Waals surface area contributed by atoms with E-state index in [0.717, 1.165) is 22.3 Å². The maximum absolute atomic E-state index is 12.6. The SMILES string of the molecule is Cc1ccc(C)c(C(=O)OCc2nc3scc(-c4ccccc4)c3c(=O)[nH]2)c1. The molecule has 4 rings (SSSR count). The van der Waals surface area contributed by atoms with Gasteiger partial charge in [0.1, 0.15) is 17.3 Å². The van der Waals surface area contributed by atoms with Crippen LogP contribution in [0.1, 0.15) is 27.3 Å². The molecule has 0 radical (unpaired) electrons. The largest absolute Gasteiger partial charge is 0.454 e. The molecule has 140 valence electrons. The highest BCUT2D eigenvalue weighted by Gasteiger charge is 2.15. The average molecular weight is 390 g/mol. The van der Waals surface area contributed by atoms with Gasteiger partial charge in [-0.1, -0.05) is 48.0 Å². The molecule has 1 N–H and O–H groups in total. The number of esters is 1. The molecule has 0 fully saturated rings. The van der Waals surface area contributed by atoms with Crippen molar-refractivity contribution >= 4 is 27.5 Å². The predicted octanol–water partition coefficient (Wildman–Crippen LogP) is 4.63. The van der Waals surface area contributed by atoms with E-state index < -0.39 is 5.97 Å². The van der Waals surface area contributed by atoms with Crippen LogP contribution in [0.25, 0.3) is 21.3 Å². The van der Waals surface area contributed by atoms with Crippen molar-refractivity contribution < 1.29 is 9.53 Å². The number of thiophene rings is 1. The number of carbonyl (C=O) groups excluding carboxylic acids is 1. The molecule has 2 aromatic carbocycles. The Bertz CT molecular complexity index is 1230. The maximum atomic E-state index is 12.6. The minimum Gasteiger partial charge on any atom is -0.454 e. The van der Waals surface area contributed by atoms with Crippen LogP contribution in [-0.4, -0.2) is 15.9 Å². The molecule has 0 saturated carbocycles. The molecular formula is C22H18N2O3S. The molecule has 2 aromatic heterocycles. The quantitative estimate of drug-likeness (QED) is 0.516. The minimum absolute atomic E-state index is 0.0873. The molecule has 0 amide bonds. The van der Waals surface area contributed by atoms with Crippen LogP contribution < -0.4 is 5.56 Å². The van der Waals surface area contributed by atoms with E-state index in [0.29, 0.717) is 21.6 Å². The second kappa shape index (κ2) is 7.40. The van der Waals surface area contributed by atoms with Crippen molar-refractivity contribution in [1.82, 2.24) is 9.97 Å². The summed E-state index contributed by atoms with van der Waals surface area (Å²) in [5.74, 6) is -0.0993. The summed E-state index contributed by atoms with van der Waals surface area (Å²) < 4.78 is 5.38. The van der Waals surface area contributed by atoms with Gasteiger partial charge in [-0.25, -0.2) is 9.78 Å². The number of aryl methyl sites for hydroxylation is 2. The Balaban J connectivity index is 1.60. The van der Waals surface area contributed by atoms with Crippen LogP contribution in [0, 0.1) is 13.8 Å². The molecular weight excluding hydrogens is 372 g/mol. The number of hydrogen-bond donors (Lipinski definition) is 1. The van der Waals surface area contributed by atoms with Crippen LogP contribution in [0.15, 0.2) is 58.7 Å². The fraction of sp³-hybridized carbons (Fsp3) is 0.136. The molecule has 0 atom stereocenters. The number of aromatic amines is 1.